The number of nitrogens with zero attached hydrogens (tertiary/aromatic N) is 3. The van der Waals surface area contributed by atoms with Crippen molar-refractivity contribution in [3.05, 3.63) is 48.3 Å². The molecule has 4 heteroatoms. The molecular formula is C16H17N3O. The molecule has 0 radical (unpaired) electrons. The molecule has 4 rings (SSSR count). The average molecular weight is 267 g/mol. The summed E-state index contributed by atoms with van der Waals surface area (Å²) in [6.07, 6.45) is 4.02. The van der Waals surface area contributed by atoms with E-state index in [-0.39, 0.29) is 0 Å². The van der Waals surface area contributed by atoms with Crippen molar-refractivity contribution in [2.45, 2.75) is 6.54 Å². The monoisotopic (exact) mass is 267 g/mol. The fourth-order valence-electron chi connectivity index (χ4n) is 2.84. The number of morpholine rings is 1. The second kappa shape index (κ2) is 4.89. The highest BCUT2D eigenvalue weighted by Gasteiger charge is 2.11. The zero-order valence-electron chi connectivity index (χ0n) is 11.3. The van der Waals surface area contributed by atoms with Gasteiger partial charge in [-0.15, -0.1) is 0 Å². The summed E-state index contributed by atoms with van der Waals surface area (Å²) in [6.45, 7) is 4.71. The summed E-state index contributed by atoms with van der Waals surface area (Å²) in [5, 5.41) is 0. The van der Waals surface area contributed by atoms with E-state index in [0.29, 0.717) is 0 Å². The zero-order chi connectivity index (χ0) is 13.4. The van der Waals surface area contributed by atoms with Crippen molar-refractivity contribution in [1.29, 1.82) is 0 Å². The summed E-state index contributed by atoms with van der Waals surface area (Å²) in [7, 11) is 0. The lowest BCUT2D eigenvalue weighted by molar-refractivity contribution is 0.0342. The molecule has 20 heavy (non-hydrogen) atoms. The number of benzene rings is 1. The Hall–Kier alpha value is -1.91. The topological polar surface area (TPSA) is 29.8 Å². The number of ether oxygens (including phenoxy) is 1. The molecule has 0 unspecified atom stereocenters. The Morgan fingerprint density at radius 1 is 1.15 bits per heavy atom. The van der Waals surface area contributed by atoms with Gasteiger partial charge in [-0.05, 0) is 29.8 Å². The van der Waals surface area contributed by atoms with Crippen LogP contribution in [0.3, 0.4) is 0 Å². The molecule has 1 aliphatic rings. The first-order chi connectivity index (χ1) is 9.90. The number of hydrogen-bond acceptors (Lipinski definition) is 3. The molecule has 3 aromatic rings. The van der Waals surface area contributed by atoms with Crippen LogP contribution in [0.25, 0.3) is 16.6 Å². The largest absolute Gasteiger partial charge is 0.379 e. The first-order valence-corrected chi connectivity index (χ1v) is 7.05. The van der Waals surface area contributed by atoms with E-state index < -0.39 is 0 Å². The van der Waals surface area contributed by atoms with Gasteiger partial charge in [-0.3, -0.25) is 9.88 Å². The molecular weight excluding hydrogens is 250 g/mol. The van der Waals surface area contributed by atoms with Gasteiger partial charge in [0.05, 0.1) is 36.0 Å². The molecule has 2 aromatic heterocycles. The molecule has 0 bridgehead atoms. The molecule has 3 heterocycles. The van der Waals surface area contributed by atoms with Crippen molar-refractivity contribution < 1.29 is 4.74 Å². The maximum atomic E-state index is 5.40. The molecule has 0 spiro atoms. The molecule has 1 fully saturated rings. The van der Waals surface area contributed by atoms with Crippen LogP contribution in [0.1, 0.15) is 5.56 Å². The third-order valence-electron chi connectivity index (χ3n) is 3.93. The minimum Gasteiger partial charge on any atom is -0.379 e. The van der Waals surface area contributed by atoms with Gasteiger partial charge in [-0.2, -0.15) is 0 Å². The van der Waals surface area contributed by atoms with Gasteiger partial charge in [0.1, 0.15) is 0 Å². The zero-order valence-corrected chi connectivity index (χ0v) is 11.3. The van der Waals surface area contributed by atoms with E-state index in [1.165, 1.54) is 11.1 Å². The van der Waals surface area contributed by atoms with Crippen molar-refractivity contribution in [3.8, 4) is 0 Å². The molecule has 4 nitrogen and oxygen atoms in total. The lowest BCUT2D eigenvalue weighted by atomic mass is 10.1. The van der Waals surface area contributed by atoms with Gasteiger partial charge in [0.2, 0.25) is 0 Å². The van der Waals surface area contributed by atoms with Crippen molar-refractivity contribution in [2.24, 2.45) is 0 Å². The Morgan fingerprint density at radius 3 is 2.95 bits per heavy atom. The lowest BCUT2D eigenvalue weighted by Crippen LogP contribution is -2.35. The predicted molar refractivity (Wildman–Crippen MR) is 78.8 cm³/mol. The first kappa shape index (κ1) is 11.9. The molecule has 1 aliphatic heterocycles. The summed E-state index contributed by atoms with van der Waals surface area (Å²) < 4.78 is 7.60. The van der Waals surface area contributed by atoms with Gasteiger partial charge in [0.25, 0.3) is 0 Å². The van der Waals surface area contributed by atoms with Gasteiger partial charge >= 0.3 is 0 Å². The molecule has 0 N–H and O–H groups in total. The quantitative estimate of drug-likeness (QED) is 0.713. The maximum absolute atomic E-state index is 5.40. The van der Waals surface area contributed by atoms with Crippen molar-refractivity contribution in [1.82, 2.24) is 14.3 Å². The van der Waals surface area contributed by atoms with Gasteiger partial charge in [-0.25, -0.2) is 0 Å². The van der Waals surface area contributed by atoms with Crippen LogP contribution < -0.4 is 0 Å². The second-order valence-electron chi connectivity index (χ2n) is 5.27. The molecule has 1 saturated heterocycles. The maximum Gasteiger partial charge on any atom is 0.0871 e. The number of hydrogen-bond donors (Lipinski definition) is 0. The molecule has 102 valence electrons. The number of aromatic nitrogens is 2. The van der Waals surface area contributed by atoms with Crippen LogP contribution in [0.15, 0.2) is 42.7 Å². The highest BCUT2D eigenvalue weighted by atomic mass is 16.5. The summed E-state index contributed by atoms with van der Waals surface area (Å²) >= 11 is 0. The molecule has 0 saturated carbocycles. The lowest BCUT2D eigenvalue weighted by Gasteiger charge is -2.26. The fraction of sp³-hybridized carbons (Fsp3) is 0.312. The van der Waals surface area contributed by atoms with E-state index in [9.17, 15) is 0 Å². The van der Waals surface area contributed by atoms with Crippen molar-refractivity contribution in [2.75, 3.05) is 26.3 Å². The van der Waals surface area contributed by atoms with Crippen LogP contribution in [0.5, 0.6) is 0 Å². The smallest absolute Gasteiger partial charge is 0.0871 e. The van der Waals surface area contributed by atoms with E-state index in [2.05, 4.69) is 50.8 Å². The molecule has 0 aliphatic carbocycles. The van der Waals surface area contributed by atoms with E-state index in [1.54, 1.807) is 0 Å². The first-order valence-electron chi connectivity index (χ1n) is 7.05. The number of rotatable bonds is 2. The highest BCUT2D eigenvalue weighted by molar-refractivity contribution is 5.78. The minimum atomic E-state index is 0.844. The molecule has 0 amide bonds. The Balaban J connectivity index is 1.73. The van der Waals surface area contributed by atoms with Gasteiger partial charge in [-0.1, -0.05) is 6.07 Å². The minimum absolute atomic E-state index is 0.844. The normalized spacial score (nSPS) is 17.0. The van der Waals surface area contributed by atoms with E-state index in [0.717, 1.165) is 43.9 Å². The van der Waals surface area contributed by atoms with Gasteiger partial charge in [0, 0.05) is 25.8 Å². The number of fused-ring (bicyclic) bond motifs is 3. The van der Waals surface area contributed by atoms with E-state index in [4.69, 9.17) is 4.74 Å². The van der Waals surface area contributed by atoms with Gasteiger partial charge in [0.15, 0.2) is 0 Å². The second-order valence-corrected chi connectivity index (χ2v) is 5.27. The third-order valence-corrected chi connectivity index (χ3v) is 3.93. The molecule has 1 aromatic carbocycles. The summed E-state index contributed by atoms with van der Waals surface area (Å²) in [4.78, 5) is 6.95. The van der Waals surface area contributed by atoms with Crippen molar-refractivity contribution in [3.63, 3.8) is 0 Å². The van der Waals surface area contributed by atoms with Crippen LogP contribution in [0.2, 0.25) is 0 Å². The third kappa shape index (κ3) is 2.07. The van der Waals surface area contributed by atoms with Crippen LogP contribution >= 0.6 is 0 Å². The Bertz CT molecular complexity index is 744. The Morgan fingerprint density at radius 2 is 2.05 bits per heavy atom. The standard InChI is InChI=1S/C16H17N3O/c1-2-14-11-17-15-4-3-13(10-16(15)19(14)5-1)12-18-6-8-20-9-7-18/h1-5,10-11H,6-9,12H2. The van der Waals surface area contributed by atoms with Crippen LogP contribution in [-0.2, 0) is 11.3 Å². The van der Waals surface area contributed by atoms with E-state index >= 15 is 0 Å². The Labute approximate surface area is 117 Å². The predicted octanol–water partition coefficient (Wildman–Crippen LogP) is 2.32. The summed E-state index contributed by atoms with van der Waals surface area (Å²) in [5.74, 6) is 0. The van der Waals surface area contributed by atoms with Gasteiger partial charge < -0.3 is 9.14 Å². The Kier molecular flexibility index (Phi) is 2.90. The van der Waals surface area contributed by atoms with E-state index in [1.807, 2.05) is 6.20 Å². The van der Waals surface area contributed by atoms with Crippen LogP contribution in [0, 0.1) is 0 Å². The van der Waals surface area contributed by atoms with Crippen LogP contribution in [-0.4, -0.2) is 40.6 Å². The average Bonchev–Trinajstić information content (AvgIpc) is 2.97. The summed E-state index contributed by atoms with van der Waals surface area (Å²) in [6, 6.07) is 10.7. The van der Waals surface area contributed by atoms with Crippen molar-refractivity contribution >= 4 is 16.6 Å². The molecule has 0 atom stereocenters. The summed E-state index contributed by atoms with van der Waals surface area (Å²) in [5.41, 5.74) is 4.70. The SMILES string of the molecule is c1cc2cnc3ccc(CN4CCOCC4)cc3n2c1. The highest BCUT2D eigenvalue weighted by Crippen LogP contribution is 2.18. The fourth-order valence-corrected chi connectivity index (χ4v) is 2.84. The van der Waals surface area contributed by atoms with Crippen LogP contribution in [0.4, 0.5) is 0 Å².